The third-order valence-electron chi connectivity index (χ3n) is 5.07. The topological polar surface area (TPSA) is 145 Å². The maximum atomic E-state index is 12.2. The van der Waals surface area contributed by atoms with E-state index in [0.717, 1.165) is 0 Å². The first-order valence-corrected chi connectivity index (χ1v) is 13.1. The van der Waals surface area contributed by atoms with E-state index in [1.54, 1.807) is 30.0 Å². The highest BCUT2D eigenvalue weighted by Crippen LogP contribution is 2.41. The first-order chi connectivity index (χ1) is 17.7. The van der Waals surface area contributed by atoms with E-state index < -0.39 is 47.7 Å². The molecule has 1 aliphatic rings. The summed E-state index contributed by atoms with van der Waals surface area (Å²) < 4.78 is 24.3. The standard InChI is InChI=1S/C22H22ClN5O7S2/c1-11(29)32-10-17-19(33-12(2)30)18(28-9-16(26-27-28)21-25-4-5-36-21)20(34-13(3)31)22(35-17)37-15-6-14(23)7-24-8-15/h4-9,17-20,22H,10H2,1-3H3. The summed E-state index contributed by atoms with van der Waals surface area (Å²) in [6.07, 6.45) is 3.32. The lowest BCUT2D eigenvalue weighted by molar-refractivity contribution is -0.212. The summed E-state index contributed by atoms with van der Waals surface area (Å²) in [5.41, 5.74) is -0.376. The van der Waals surface area contributed by atoms with Gasteiger partial charge in [0.15, 0.2) is 12.2 Å². The van der Waals surface area contributed by atoms with Gasteiger partial charge in [0.05, 0.1) is 11.2 Å². The molecule has 0 spiro atoms. The Morgan fingerprint density at radius 3 is 2.54 bits per heavy atom. The Kier molecular flexibility index (Phi) is 8.74. The molecule has 0 N–H and O–H groups in total. The van der Waals surface area contributed by atoms with E-state index in [9.17, 15) is 14.4 Å². The van der Waals surface area contributed by atoms with E-state index in [1.807, 2.05) is 0 Å². The lowest BCUT2D eigenvalue weighted by Gasteiger charge is -2.44. The number of halogens is 1. The summed E-state index contributed by atoms with van der Waals surface area (Å²) in [7, 11) is 0. The van der Waals surface area contributed by atoms with Crippen LogP contribution in [0.25, 0.3) is 10.7 Å². The van der Waals surface area contributed by atoms with Gasteiger partial charge in [0.25, 0.3) is 0 Å². The molecule has 5 unspecified atom stereocenters. The van der Waals surface area contributed by atoms with Crippen LogP contribution in [-0.4, -0.2) is 73.2 Å². The van der Waals surface area contributed by atoms with E-state index in [1.165, 1.54) is 54.7 Å². The van der Waals surface area contributed by atoms with Crippen molar-refractivity contribution in [3.63, 3.8) is 0 Å². The lowest BCUT2D eigenvalue weighted by atomic mass is 9.96. The van der Waals surface area contributed by atoms with Gasteiger partial charge >= 0.3 is 17.9 Å². The van der Waals surface area contributed by atoms with Crippen LogP contribution in [0.15, 0.2) is 41.1 Å². The van der Waals surface area contributed by atoms with Crippen LogP contribution in [0.4, 0.5) is 0 Å². The second-order valence-corrected chi connectivity index (χ2v) is 10.4. The number of ether oxygens (including phenoxy) is 4. The first kappa shape index (κ1) is 27.0. The SMILES string of the molecule is CC(=O)OCC1OC(Sc2cncc(Cl)c2)C(OC(C)=O)C(n2cc(-c3nccs3)nn2)C1OC(C)=O. The molecule has 0 aromatic carbocycles. The molecule has 4 heterocycles. The molecule has 37 heavy (non-hydrogen) atoms. The number of hydrogen-bond acceptors (Lipinski definition) is 13. The number of nitrogens with zero attached hydrogens (tertiary/aromatic N) is 5. The fourth-order valence-corrected chi connectivity index (χ4v) is 5.70. The Labute approximate surface area is 224 Å². The Balaban J connectivity index is 1.78. The van der Waals surface area contributed by atoms with Crippen LogP contribution < -0.4 is 0 Å². The van der Waals surface area contributed by atoms with Gasteiger partial charge in [-0.15, -0.1) is 16.4 Å². The highest BCUT2D eigenvalue weighted by Gasteiger charge is 2.52. The Morgan fingerprint density at radius 2 is 1.89 bits per heavy atom. The van der Waals surface area contributed by atoms with Gasteiger partial charge in [0.2, 0.25) is 0 Å². The van der Waals surface area contributed by atoms with Crippen molar-refractivity contribution in [3.8, 4) is 10.7 Å². The number of aromatic nitrogens is 5. The van der Waals surface area contributed by atoms with Crippen molar-refractivity contribution in [2.75, 3.05) is 6.61 Å². The number of pyridine rings is 1. The van der Waals surface area contributed by atoms with E-state index in [-0.39, 0.29) is 6.61 Å². The molecule has 3 aromatic heterocycles. The number of thioether (sulfide) groups is 1. The first-order valence-electron chi connectivity index (χ1n) is 10.9. The molecule has 15 heteroatoms. The average Bonchev–Trinajstić information content (AvgIpc) is 3.51. The predicted molar refractivity (Wildman–Crippen MR) is 132 cm³/mol. The van der Waals surface area contributed by atoms with Crippen LogP contribution in [0.2, 0.25) is 5.02 Å². The summed E-state index contributed by atoms with van der Waals surface area (Å²) >= 11 is 8.67. The minimum absolute atomic E-state index is 0.227. The molecular weight excluding hydrogens is 546 g/mol. The largest absolute Gasteiger partial charge is 0.463 e. The third-order valence-corrected chi connectivity index (χ3v) is 7.18. The van der Waals surface area contributed by atoms with Crippen LogP contribution >= 0.6 is 34.7 Å². The van der Waals surface area contributed by atoms with Crippen molar-refractivity contribution < 1.29 is 33.3 Å². The van der Waals surface area contributed by atoms with Crippen LogP contribution in [0.1, 0.15) is 26.8 Å². The molecule has 3 aromatic rings. The molecule has 0 radical (unpaired) electrons. The normalized spacial score (nSPS) is 23.3. The zero-order valence-electron chi connectivity index (χ0n) is 19.8. The Hall–Kier alpha value is -3.07. The van der Waals surface area contributed by atoms with Crippen LogP contribution in [0, 0.1) is 0 Å². The van der Waals surface area contributed by atoms with Crippen LogP contribution in [-0.2, 0) is 33.3 Å². The molecule has 1 saturated heterocycles. The van der Waals surface area contributed by atoms with E-state index in [2.05, 4.69) is 20.3 Å². The summed E-state index contributed by atoms with van der Waals surface area (Å²) in [4.78, 5) is 44.9. The number of hydrogen-bond donors (Lipinski definition) is 0. The molecular formula is C22H22ClN5O7S2. The maximum absolute atomic E-state index is 12.2. The lowest BCUT2D eigenvalue weighted by Crippen LogP contribution is -2.57. The molecule has 0 aliphatic carbocycles. The van der Waals surface area contributed by atoms with Gasteiger partial charge in [-0.3, -0.25) is 19.4 Å². The molecule has 0 bridgehead atoms. The fourth-order valence-electron chi connectivity index (χ4n) is 3.74. The van der Waals surface area contributed by atoms with Gasteiger partial charge in [0.1, 0.15) is 34.9 Å². The molecule has 196 valence electrons. The summed E-state index contributed by atoms with van der Waals surface area (Å²) in [6, 6.07) is 0.783. The van der Waals surface area contributed by atoms with Gasteiger partial charge in [0, 0.05) is 49.6 Å². The fraction of sp³-hybridized carbons (Fsp3) is 0.409. The summed E-state index contributed by atoms with van der Waals surface area (Å²) in [5, 5.41) is 11.3. The molecule has 1 aliphatic heterocycles. The number of carbonyl (C=O) groups excluding carboxylic acids is 3. The van der Waals surface area contributed by atoms with Crippen molar-refractivity contribution in [1.29, 1.82) is 0 Å². The van der Waals surface area contributed by atoms with Crippen molar-refractivity contribution >= 4 is 52.6 Å². The van der Waals surface area contributed by atoms with Gasteiger partial charge in [-0.05, 0) is 6.07 Å². The zero-order valence-corrected chi connectivity index (χ0v) is 22.2. The van der Waals surface area contributed by atoms with E-state index in [4.69, 9.17) is 30.5 Å². The molecule has 0 saturated carbocycles. The van der Waals surface area contributed by atoms with Crippen molar-refractivity contribution in [3.05, 3.63) is 41.3 Å². The van der Waals surface area contributed by atoms with Crippen LogP contribution in [0.5, 0.6) is 0 Å². The summed E-state index contributed by atoms with van der Waals surface area (Å²) in [5.74, 6) is -1.74. The van der Waals surface area contributed by atoms with Gasteiger partial charge in [-0.1, -0.05) is 28.6 Å². The Morgan fingerprint density at radius 1 is 1.14 bits per heavy atom. The zero-order chi connectivity index (χ0) is 26.5. The number of rotatable bonds is 8. The highest BCUT2D eigenvalue weighted by molar-refractivity contribution is 7.99. The average molecular weight is 568 g/mol. The monoisotopic (exact) mass is 567 g/mol. The predicted octanol–water partition coefficient (Wildman–Crippen LogP) is 2.93. The van der Waals surface area contributed by atoms with Gasteiger partial charge in [-0.25, -0.2) is 9.67 Å². The number of carbonyl (C=O) groups is 3. The minimum Gasteiger partial charge on any atom is -0.463 e. The second kappa shape index (κ2) is 12.0. The second-order valence-electron chi connectivity index (χ2n) is 7.86. The molecule has 4 rings (SSSR count). The number of thiazole rings is 1. The number of esters is 3. The third kappa shape index (κ3) is 6.83. The highest BCUT2D eigenvalue weighted by atomic mass is 35.5. The molecule has 5 atom stereocenters. The van der Waals surface area contributed by atoms with Crippen molar-refractivity contribution in [2.24, 2.45) is 0 Å². The van der Waals surface area contributed by atoms with Gasteiger partial charge < -0.3 is 18.9 Å². The van der Waals surface area contributed by atoms with Gasteiger partial charge in [-0.2, -0.15) is 0 Å². The van der Waals surface area contributed by atoms with E-state index in [0.29, 0.717) is 20.6 Å². The van der Waals surface area contributed by atoms with Crippen LogP contribution in [0.3, 0.4) is 0 Å². The molecule has 12 nitrogen and oxygen atoms in total. The maximum Gasteiger partial charge on any atom is 0.303 e. The quantitative estimate of drug-likeness (QED) is 0.291. The summed E-state index contributed by atoms with van der Waals surface area (Å²) in [6.45, 7) is 3.52. The van der Waals surface area contributed by atoms with Crippen molar-refractivity contribution in [1.82, 2.24) is 25.0 Å². The smallest absolute Gasteiger partial charge is 0.303 e. The molecule has 0 amide bonds. The molecule has 1 fully saturated rings. The Bertz CT molecular complexity index is 1260. The van der Waals surface area contributed by atoms with Crippen molar-refractivity contribution in [2.45, 2.75) is 55.5 Å². The van der Waals surface area contributed by atoms with E-state index >= 15 is 0 Å². The minimum atomic E-state index is -1.05.